The third kappa shape index (κ3) is 5.00. The molecular weight excluding hydrogens is 376 g/mol. The van der Waals surface area contributed by atoms with Crippen LogP contribution in [-0.4, -0.2) is 47.0 Å². The van der Waals surface area contributed by atoms with Gasteiger partial charge in [-0.05, 0) is 37.5 Å². The van der Waals surface area contributed by atoms with E-state index in [0.29, 0.717) is 5.92 Å². The number of hydrogen-bond acceptors (Lipinski definition) is 6. The highest BCUT2D eigenvalue weighted by Crippen LogP contribution is 2.31. The second kappa shape index (κ2) is 8.73. The van der Waals surface area contributed by atoms with Crippen molar-refractivity contribution >= 4 is 26.9 Å². The molecule has 28 heavy (non-hydrogen) atoms. The summed E-state index contributed by atoms with van der Waals surface area (Å²) in [6.45, 7) is 8.96. The number of rotatable bonds is 8. The molecular formula is C19H32N6O2S. The van der Waals surface area contributed by atoms with E-state index in [1.54, 1.807) is 6.33 Å². The van der Waals surface area contributed by atoms with Crippen LogP contribution in [0.5, 0.6) is 0 Å². The number of hydrogen-bond donors (Lipinski definition) is 1. The van der Waals surface area contributed by atoms with Gasteiger partial charge in [-0.3, -0.25) is 0 Å². The molecule has 8 nitrogen and oxygen atoms in total. The number of nitrogens with two attached hydrogens (primary N) is 1. The first kappa shape index (κ1) is 21.0. The third-order valence-electron chi connectivity index (χ3n) is 5.29. The zero-order chi connectivity index (χ0) is 20.3. The molecule has 2 N–H and O–H groups in total. The minimum Gasteiger partial charge on any atom is -0.356 e. The fourth-order valence-electron chi connectivity index (χ4n) is 3.94. The molecule has 1 aliphatic rings. The van der Waals surface area contributed by atoms with Gasteiger partial charge >= 0.3 is 0 Å². The van der Waals surface area contributed by atoms with Crippen molar-refractivity contribution in [3.63, 3.8) is 0 Å². The molecule has 0 amide bonds. The summed E-state index contributed by atoms with van der Waals surface area (Å²) in [5.74, 6) is 1.60. The number of primary sulfonamides is 1. The Morgan fingerprint density at radius 1 is 1.25 bits per heavy atom. The molecule has 3 rings (SSSR count). The summed E-state index contributed by atoms with van der Waals surface area (Å²) >= 11 is 0. The Morgan fingerprint density at radius 2 is 1.96 bits per heavy atom. The summed E-state index contributed by atoms with van der Waals surface area (Å²) in [6, 6.07) is 0. The van der Waals surface area contributed by atoms with E-state index in [2.05, 4.69) is 35.6 Å². The molecule has 0 aliphatic carbocycles. The lowest BCUT2D eigenvalue weighted by Crippen LogP contribution is -2.37. The van der Waals surface area contributed by atoms with E-state index in [4.69, 9.17) is 10.2 Å². The van der Waals surface area contributed by atoms with Crippen molar-refractivity contribution in [3.05, 3.63) is 12.0 Å². The van der Waals surface area contributed by atoms with Crippen molar-refractivity contribution < 1.29 is 8.42 Å². The molecule has 0 radical (unpaired) electrons. The minimum atomic E-state index is -3.42. The van der Waals surface area contributed by atoms with Crippen LogP contribution in [0, 0.1) is 11.8 Å². The van der Waals surface area contributed by atoms with E-state index in [0.717, 1.165) is 74.3 Å². The number of aromatic nitrogens is 4. The number of unbranched alkanes of at least 4 members (excludes halogenated alkanes) is 1. The first-order chi connectivity index (χ1) is 13.3. The van der Waals surface area contributed by atoms with Gasteiger partial charge in [0.2, 0.25) is 10.0 Å². The van der Waals surface area contributed by atoms with Gasteiger partial charge in [0.1, 0.15) is 12.1 Å². The summed E-state index contributed by atoms with van der Waals surface area (Å²) in [6.07, 6.45) is 6.28. The van der Waals surface area contributed by atoms with Gasteiger partial charge in [-0.25, -0.2) is 28.2 Å². The van der Waals surface area contributed by atoms with Gasteiger partial charge in [0.05, 0.1) is 16.8 Å². The molecule has 156 valence electrons. The van der Waals surface area contributed by atoms with Crippen LogP contribution in [0.2, 0.25) is 0 Å². The smallest absolute Gasteiger partial charge is 0.209 e. The van der Waals surface area contributed by atoms with Crippen molar-refractivity contribution in [1.29, 1.82) is 0 Å². The lowest BCUT2D eigenvalue weighted by molar-refractivity contribution is 0.434. The molecule has 0 spiro atoms. The maximum atomic E-state index is 11.4. The first-order valence-electron chi connectivity index (χ1n) is 10.2. The maximum Gasteiger partial charge on any atom is 0.209 e. The Bertz CT molecular complexity index is 901. The quantitative estimate of drug-likeness (QED) is 0.718. The van der Waals surface area contributed by atoms with Crippen LogP contribution >= 0.6 is 0 Å². The van der Waals surface area contributed by atoms with Gasteiger partial charge < -0.3 is 4.90 Å². The topological polar surface area (TPSA) is 107 Å². The Kier molecular flexibility index (Phi) is 6.54. The van der Waals surface area contributed by atoms with E-state index < -0.39 is 10.0 Å². The van der Waals surface area contributed by atoms with Gasteiger partial charge in [0, 0.05) is 19.6 Å². The summed E-state index contributed by atoms with van der Waals surface area (Å²) in [5.41, 5.74) is 1.96. The molecule has 1 saturated heterocycles. The fraction of sp³-hybridized carbons (Fsp3) is 0.737. The Morgan fingerprint density at radius 3 is 2.57 bits per heavy atom. The van der Waals surface area contributed by atoms with Crippen molar-refractivity contribution in [2.24, 2.45) is 17.0 Å². The molecule has 3 heterocycles. The molecule has 0 atom stereocenters. The lowest BCUT2D eigenvalue weighted by Gasteiger charge is -2.32. The van der Waals surface area contributed by atoms with Gasteiger partial charge in [-0.1, -0.05) is 27.2 Å². The van der Waals surface area contributed by atoms with E-state index in [1.807, 2.05) is 4.68 Å². The van der Waals surface area contributed by atoms with E-state index in [1.165, 1.54) is 0 Å². The van der Waals surface area contributed by atoms with Gasteiger partial charge in [0.25, 0.3) is 0 Å². The largest absolute Gasteiger partial charge is 0.356 e. The molecule has 0 saturated carbocycles. The summed E-state index contributed by atoms with van der Waals surface area (Å²) in [7, 11) is -3.42. The first-order valence-corrected chi connectivity index (χ1v) is 12.0. The van der Waals surface area contributed by atoms with Crippen molar-refractivity contribution in [1.82, 2.24) is 19.7 Å². The van der Waals surface area contributed by atoms with E-state index >= 15 is 0 Å². The van der Waals surface area contributed by atoms with Crippen LogP contribution < -0.4 is 10.0 Å². The summed E-state index contributed by atoms with van der Waals surface area (Å²) in [5, 5.41) is 11.2. The van der Waals surface area contributed by atoms with Crippen LogP contribution in [0.1, 0.15) is 52.1 Å². The van der Waals surface area contributed by atoms with E-state index in [9.17, 15) is 8.42 Å². The number of fused-ring (bicyclic) bond motifs is 1. The molecule has 0 aromatic carbocycles. The fourth-order valence-corrected chi connectivity index (χ4v) is 4.93. The zero-order valence-electron chi connectivity index (χ0n) is 17.1. The lowest BCUT2D eigenvalue weighted by atomic mass is 9.98. The maximum absolute atomic E-state index is 11.4. The van der Waals surface area contributed by atoms with Crippen molar-refractivity contribution in [2.75, 3.05) is 23.7 Å². The molecule has 1 aliphatic heterocycles. The number of anilines is 1. The normalized spacial score (nSPS) is 16.4. The average Bonchev–Trinajstić information content (AvgIpc) is 2.96. The van der Waals surface area contributed by atoms with Gasteiger partial charge in [-0.15, -0.1) is 0 Å². The molecule has 9 heteroatoms. The van der Waals surface area contributed by atoms with Crippen LogP contribution in [0.15, 0.2) is 6.33 Å². The average molecular weight is 409 g/mol. The standard InChI is InChI=1S/C19H32N6O2S/c1-4-5-8-25-19-17(16(23-25)11-14(2)3)18(21-13-22-19)24-9-6-15(7-10-24)12-28(20,26)27/h13-15H,4-12H2,1-3H3,(H2,20,26,27). The second-order valence-corrected chi connectivity index (χ2v) is 9.94. The molecule has 1 fully saturated rings. The predicted octanol–water partition coefficient (Wildman–Crippen LogP) is 2.33. The molecule has 0 bridgehead atoms. The van der Waals surface area contributed by atoms with Crippen molar-refractivity contribution in [3.8, 4) is 0 Å². The van der Waals surface area contributed by atoms with Crippen LogP contribution in [0.3, 0.4) is 0 Å². The zero-order valence-corrected chi connectivity index (χ0v) is 18.0. The Hall–Kier alpha value is -1.74. The number of nitrogens with zero attached hydrogens (tertiary/aromatic N) is 5. The third-order valence-corrected chi connectivity index (χ3v) is 6.22. The van der Waals surface area contributed by atoms with Crippen molar-refractivity contribution in [2.45, 2.75) is 59.4 Å². The van der Waals surface area contributed by atoms with Gasteiger partial charge in [-0.2, -0.15) is 5.10 Å². The second-order valence-electron chi connectivity index (χ2n) is 8.28. The molecule has 0 unspecified atom stereocenters. The summed E-state index contributed by atoms with van der Waals surface area (Å²) < 4.78 is 24.8. The van der Waals surface area contributed by atoms with E-state index in [-0.39, 0.29) is 11.7 Å². The number of piperidine rings is 1. The number of aryl methyl sites for hydroxylation is 1. The Balaban J connectivity index is 1.90. The predicted molar refractivity (Wildman–Crippen MR) is 112 cm³/mol. The Labute approximate surface area is 167 Å². The minimum absolute atomic E-state index is 0.0631. The highest BCUT2D eigenvalue weighted by Gasteiger charge is 2.26. The number of sulfonamides is 1. The molecule has 2 aromatic heterocycles. The van der Waals surface area contributed by atoms with Crippen LogP contribution in [0.25, 0.3) is 11.0 Å². The van der Waals surface area contributed by atoms with Crippen LogP contribution in [-0.2, 0) is 23.0 Å². The highest BCUT2D eigenvalue weighted by molar-refractivity contribution is 7.89. The van der Waals surface area contributed by atoms with Crippen LogP contribution in [0.4, 0.5) is 5.82 Å². The highest BCUT2D eigenvalue weighted by atomic mass is 32.2. The van der Waals surface area contributed by atoms with Gasteiger partial charge in [0.15, 0.2) is 5.65 Å². The monoisotopic (exact) mass is 408 g/mol. The SMILES string of the molecule is CCCCn1nc(CC(C)C)c2c(N3CCC(CS(N)(=O)=O)CC3)ncnc21. The molecule has 2 aromatic rings. The summed E-state index contributed by atoms with van der Waals surface area (Å²) in [4.78, 5) is 11.4.